The molecule has 1 heterocycles. The van der Waals surface area contributed by atoms with Crippen molar-refractivity contribution in [2.24, 2.45) is 5.73 Å². The summed E-state index contributed by atoms with van der Waals surface area (Å²) in [5.41, 5.74) is 3.61. The van der Waals surface area contributed by atoms with Gasteiger partial charge in [0, 0.05) is 24.4 Å². The third-order valence-corrected chi connectivity index (χ3v) is 3.76. The van der Waals surface area contributed by atoms with Crippen LogP contribution in [0.4, 0.5) is 18.0 Å². The molecule has 0 spiro atoms. The lowest BCUT2D eigenvalue weighted by molar-refractivity contribution is -0.119. The quantitative estimate of drug-likeness (QED) is 0.512. The summed E-state index contributed by atoms with van der Waals surface area (Å²) < 4.78 is 41.8. The number of allylic oxidation sites excluding steroid dienone is 3. The second-order valence-corrected chi connectivity index (χ2v) is 7.60. The van der Waals surface area contributed by atoms with E-state index in [-0.39, 0.29) is 5.57 Å². The molecule has 0 aliphatic carbocycles. The third-order valence-electron chi connectivity index (χ3n) is 3.76. The molecule has 1 rings (SSSR count). The number of hydrogen-bond acceptors (Lipinski definition) is 5. The minimum absolute atomic E-state index is 0.0748. The van der Waals surface area contributed by atoms with Crippen molar-refractivity contribution >= 4 is 12.0 Å². The van der Waals surface area contributed by atoms with Crippen molar-refractivity contribution in [1.82, 2.24) is 10.2 Å². The smallest absolute Gasteiger partial charge is 0.415 e. The molecule has 10 heteroatoms. The van der Waals surface area contributed by atoms with Crippen LogP contribution in [-0.4, -0.2) is 47.8 Å². The molecular formula is C20H29F3N4O3. The minimum Gasteiger partial charge on any atom is -0.444 e. The predicted molar refractivity (Wildman–Crippen MR) is 107 cm³/mol. The predicted octanol–water partition coefficient (Wildman–Crippen LogP) is 3.55. The first-order valence-electron chi connectivity index (χ1n) is 9.19. The molecule has 2 amide bonds. The molecule has 3 N–H and O–H groups in total. The monoisotopic (exact) mass is 430 g/mol. The fraction of sp³-hybridized carbons (Fsp3) is 0.550. The summed E-state index contributed by atoms with van der Waals surface area (Å²) in [6.45, 7) is 14.8. The number of nitriles is 1. The largest absolute Gasteiger partial charge is 0.444 e. The SMILES string of the molecule is C=C(/C(C#N)=C\C(=C)C(F)(F)F)N1CCCC1.CC(NC(=O)OC(C)(C)C)C(N)=O. The first-order valence-corrected chi connectivity index (χ1v) is 9.19. The molecule has 1 aliphatic rings. The number of nitrogens with two attached hydrogens (primary N) is 1. The highest BCUT2D eigenvalue weighted by atomic mass is 19.4. The fourth-order valence-corrected chi connectivity index (χ4v) is 2.15. The first kappa shape index (κ1) is 27.0. The molecule has 1 fully saturated rings. The molecule has 0 saturated carbocycles. The zero-order chi connectivity index (χ0) is 23.7. The second kappa shape index (κ2) is 11.3. The van der Waals surface area contributed by atoms with E-state index in [1.54, 1.807) is 26.8 Å². The molecule has 0 aromatic rings. The maximum atomic E-state index is 12.3. The molecule has 1 saturated heterocycles. The zero-order valence-corrected chi connectivity index (χ0v) is 17.7. The van der Waals surface area contributed by atoms with Crippen LogP contribution < -0.4 is 11.1 Å². The molecule has 1 aliphatic heterocycles. The van der Waals surface area contributed by atoms with E-state index in [9.17, 15) is 22.8 Å². The number of amides is 2. The van der Waals surface area contributed by atoms with E-state index >= 15 is 0 Å². The molecule has 168 valence electrons. The third kappa shape index (κ3) is 10.5. The van der Waals surface area contributed by atoms with Crippen LogP contribution in [-0.2, 0) is 9.53 Å². The van der Waals surface area contributed by atoms with Crippen LogP contribution in [0.25, 0.3) is 0 Å². The van der Waals surface area contributed by atoms with Crippen LogP contribution in [0.2, 0.25) is 0 Å². The summed E-state index contributed by atoms with van der Waals surface area (Å²) in [5.74, 6) is -0.592. The van der Waals surface area contributed by atoms with Gasteiger partial charge in [0.15, 0.2) is 0 Å². The van der Waals surface area contributed by atoms with Crippen molar-refractivity contribution in [3.05, 3.63) is 36.1 Å². The van der Waals surface area contributed by atoms with Crippen molar-refractivity contribution in [3.63, 3.8) is 0 Å². The summed E-state index contributed by atoms with van der Waals surface area (Å²) in [5, 5.41) is 11.2. The molecule has 7 nitrogen and oxygen atoms in total. The van der Waals surface area contributed by atoms with Crippen molar-refractivity contribution in [1.29, 1.82) is 5.26 Å². The molecule has 0 radical (unpaired) electrons. The zero-order valence-electron chi connectivity index (χ0n) is 17.7. The van der Waals surface area contributed by atoms with Gasteiger partial charge >= 0.3 is 12.3 Å². The Labute approximate surface area is 175 Å². The van der Waals surface area contributed by atoms with Crippen LogP contribution in [0.3, 0.4) is 0 Å². The van der Waals surface area contributed by atoms with Crippen molar-refractivity contribution in [3.8, 4) is 6.07 Å². The first-order chi connectivity index (χ1) is 13.6. The Morgan fingerprint density at radius 3 is 2.10 bits per heavy atom. The van der Waals surface area contributed by atoms with E-state index in [1.807, 2.05) is 4.90 Å². The number of nitrogens with zero attached hydrogens (tertiary/aromatic N) is 2. The average Bonchev–Trinajstić information content (AvgIpc) is 3.11. The number of carbonyl (C=O) groups is 2. The number of hydrogen-bond donors (Lipinski definition) is 2. The summed E-state index contributed by atoms with van der Waals surface area (Å²) in [7, 11) is 0. The number of likely N-dealkylation sites (tertiary alicyclic amines) is 1. The van der Waals surface area contributed by atoms with Gasteiger partial charge in [-0.25, -0.2) is 4.79 Å². The number of alkyl halides is 3. The van der Waals surface area contributed by atoms with Gasteiger partial charge in [0.05, 0.1) is 5.57 Å². The van der Waals surface area contributed by atoms with Crippen LogP contribution in [0.15, 0.2) is 36.1 Å². The molecule has 0 aromatic carbocycles. The number of nitrogens with one attached hydrogen (secondary N) is 1. The van der Waals surface area contributed by atoms with Gasteiger partial charge in [-0.05, 0) is 46.6 Å². The van der Waals surface area contributed by atoms with E-state index in [1.165, 1.54) is 6.92 Å². The van der Waals surface area contributed by atoms with Crippen LogP contribution in [0.1, 0.15) is 40.5 Å². The molecule has 30 heavy (non-hydrogen) atoms. The Morgan fingerprint density at radius 2 is 1.73 bits per heavy atom. The molecule has 0 aromatic heterocycles. The normalized spacial score (nSPS) is 15.3. The van der Waals surface area contributed by atoms with Gasteiger partial charge in [-0.1, -0.05) is 13.2 Å². The number of halogens is 3. The van der Waals surface area contributed by atoms with Gasteiger partial charge < -0.3 is 20.7 Å². The van der Waals surface area contributed by atoms with E-state index in [0.717, 1.165) is 32.0 Å². The Balaban J connectivity index is 0.000000584. The van der Waals surface area contributed by atoms with Crippen molar-refractivity contribution < 1.29 is 27.5 Å². The highest BCUT2D eigenvalue weighted by molar-refractivity contribution is 5.83. The Morgan fingerprint density at radius 1 is 1.23 bits per heavy atom. The summed E-state index contributed by atoms with van der Waals surface area (Å²) in [6.07, 6.45) is -2.46. The molecule has 1 atom stereocenters. The Kier molecular flexibility index (Phi) is 10.2. The van der Waals surface area contributed by atoms with Gasteiger partial charge in [0.1, 0.15) is 17.7 Å². The summed E-state index contributed by atoms with van der Waals surface area (Å²) in [4.78, 5) is 23.4. The number of carbonyl (C=O) groups excluding carboxylic acids is 2. The van der Waals surface area contributed by atoms with Gasteiger partial charge in [0.2, 0.25) is 5.91 Å². The van der Waals surface area contributed by atoms with Gasteiger partial charge in [-0.2, -0.15) is 18.4 Å². The highest BCUT2D eigenvalue weighted by Crippen LogP contribution is 2.28. The Bertz CT molecular complexity index is 725. The lowest BCUT2D eigenvalue weighted by atomic mass is 10.1. The van der Waals surface area contributed by atoms with E-state index < -0.39 is 35.4 Å². The molecule has 0 bridgehead atoms. The molecular weight excluding hydrogens is 401 g/mol. The lowest BCUT2D eigenvalue weighted by Gasteiger charge is -2.20. The fourth-order valence-electron chi connectivity index (χ4n) is 2.15. The summed E-state index contributed by atoms with van der Waals surface area (Å²) >= 11 is 0. The second-order valence-electron chi connectivity index (χ2n) is 7.60. The van der Waals surface area contributed by atoms with Crippen LogP contribution in [0.5, 0.6) is 0 Å². The maximum absolute atomic E-state index is 12.3. The maximum Gasteiger partial charge on any atom is 0.415 e. The van der Waals surface area contributed by atoms with Crippen LogP contribution in [0, 0.1) is 11.3 Å². The van der Waals surface area contributed by atoms with E-state index in [0.29, 0.717) is 5.70 Å². The summed E-state index contributed by atoms with van der Waals surface area (Å²) in [6, 6.07) is 1.03. The number of rotatable bonds is 5. The van der Waals surface area contributed by atoms with Crippen LogP contribution >= 0.6 is 0 Å². The minimum atomic E-state index is -4.51. The number of ether oxygens (including phenoxy) is 1. The average molecular weight is 430 g/mol. The van der Waals surface area contributed by atoms with Gasteiger partial charge in [-0.3, -0.25) is 4.79 Å². The Hall–Kier alpha value is -2.96. The lowest BCUT2D eigenvalue weighted by Crippen LogP contribution is -2.44. The highest BCUT2D eigenvalue weighted by Gasteiger charge is 2.31. The van der Waals surface area contributed by atoms with Gasteiger partial charge in [0.25, 0.3) is 0 Å². The van der Waals surface area contributed by atoms with E-state index in [4.69, 9.17) is 15.7 Å². The standard InChI is InChI=1S/C12H13F3N2.C8H16N2O3/c1-9(12(13,14)15)7-11(8-16)10(2)17-5-3-4-6-17;1-5(6(9)11)10-7(12)13-8(2,3)4/h7H,1-6H2;5H,1-4H3,(H2,9,11)(H,10,12)/b11-7-;. The van der Waals surface area contributed by atoms with Crippen molar-refractivity contribution in [2.75, 3.05) is 13.1 Å². The number of alkyl carbamates (subject to hydrolysis) is 1. The van der Waals surface area contributed by atoms with Gasteiger partial charge in [-0.15, -0.1) is 0 Å². The van der Waals surface area contributed by atoms with Crippen molar-refractivity contribution in [2.45, 2.75) is 58.4 Å². The van der Waals surface area contributed by atoms with E-state index in [2.05, 4.69) is 18.5 Å². The molecule has 1 unspecified atom stereocenters. The topological polar surface area (TPSA) is 108 Å². The number of primary amides is 1.